The fourth-order valence-electron chi connectivity index (χ4n) is 3.21. The van der Waals surface area contributed by atoms with E-state index < -0.39 is 15.6 Å². The quantitative estimate of drug-likeness (QED) is 0.857. The fourth-order valence-corrected chi connectivity index (χ4v) is 5.02. The number of nitrogens with zero attached hydrogens (tertiary/aromatic N) is 3. The van der Waals surface area contributed by atoms with Crippen molar-refractivity contribution in [2.75, 3.05) is 13.3 Å². The topological polar surface area (TPSA) is 64.4 Å². The molecule has 0 N–H and O–H groups in total. The number of ether oxygens (including phenoxy) is 1. The highest BCUT2D eigenvalue weighted by molar-refractivity contribution is 7.89. The Labute approximate surface area is 126 Å². The van der Waals surface area contributed by atoms with E-state index in [0.29, 0.717) is 23.2 Å². The molecule has 3 rings (SSSR count). The van der Waals surface area contributed by atoms with Crippen molar-refractivity contribution in [2.24, 2.45) is 0 Å². The number of hydrogen-bond donors (Lipinski definition) is 0. The van der Waals surface area contributed by atoms with E-state index in [4.69, 9.17) is 4.74 Å². The van der Waals surface area contributed by atoms with Gasteiger partial charge in [-0.25, -0.2) is 8.42 Å². The molecule has 1 saturated heterocycles. The highest BCUT2D eigenvalue weighted by atomic mass is 32.2. The molecule has 1 aromatic heterocycles. The molecule has 0 amide bonds. The second-order valence-electron chi connectivity index (χ2n) is 6.64. The summed E-state index contributed by atoms with van der Waals surface area (Å²) in [6, 6.07) is 0.343. The third-order valence-electron chi connectivity index (χ3n) is 4.48. The van der Waals surface area contributed by atoms with Crippen molar-refractivity contribution >= 4 is 10.0 Å². The van der Waals surface area contributed by atoms with E-state index in [-0.39, 0.29) is 6.73 Å². The Morgan fingerprint density at radius 2 is 2.00 bits per heavy atom. The second-order valence-corrected chi connectivity index (χ2v) is 8.47. The van der Waals surface area contributed by atoms with Gasteiger partial charge in [0, 0.05) is 6.20 Å². The van der Waals surface area contributed by atoms with Gasteiger partial charge in [-0.05, 0) is 33.6 Å². The first-order chi connectivity index (χ1) is 9.82. The Morgan fingerprint density at radius 3 is 2.57 bits per heavy atom. The molecule has 0 spiro atoms. The van der Waals surface area contributed by atoms with Crippen LogP contribution < -0.4 is 0 Å². The van der Waals surface area contributed by atoms with Crippen molar-refractivity contribution in [1.29, 1.82) is 0 Å². The molecule has 2 heterocycles. The van der Waals surface area contributed by atoms with Crippen LogP contribution in [-0.2, 0) is 14.8 Å². The maximum absolute atomic E-state index is 12.9. The molecule has 2 aliphatic rings. The zero-order valence-electron chi connectivity index (χ0n) is 12.9. The van der Waals surface area contributed by atoms with Gasteiger partial charge < -0.3 is 4.74 Å². The lowest BCUT2D eigenvalue weighted by Crippen LogP contribution is -2.44. The van der Waals surface area contributed by atoms with Crippen molar-refractivity contribution in [3.8, 4) is 0 Å². The van der Waals surface area contributed by atoms with Crippen LogP contribution in [0.3, 0.4) is 0 Å². The van der Waals surface area contributed by atoms with Crippen LogP contribution in [0.25, 0.3) is 0 Å². The molecule has 2 fully saturated rings. The Morgan fingerprint density at radius 1 is 1.33 bits per heavy atom. The average Bonchev–Trinajstić information content (AvgIpc) is 3.07. The summed E-state index contributed by atoms with van der Waals surface area (Å²) in [5, 5.41) is 4.45. The summed E-state index contributed by atoms with van der Waals surface area (Å²) in [5.41, 5.74) is 0.0605. The van der Waals surface area contributed by atoms with Gasteiger partial charge in [0.1, 0.15) is 11.6 Å². The summed E-state index contributed by atoms with van der Waals surface area (Å²) in [7, 11) is -3.56. The third kappa shape index (κ3) is 2.51. The minimum Gasteiger partial charge on any atom is -0.363 e. The summed E-state index contributed by atoms with van der Waals surface area (Å²) in [6.45, 7) is 6.07. The molecule has 0 atom stereocenters. The smallest absolute Gasteiger partial charge is 0.248 e. The van der Waals surface area contributed by atoms with Crippen LogP contribution >= 0.6 is 0 Å². The minimum atomic E-state index is -3.56. The summed E-state index contributed by atoms with van der Waals surface area (Å²) in [4.78, 5) is 0.313. The minimum absolute atomic E-state index is 0.114. The summed E-state index contributed by atoms with van der Waals surface area (Å²) in [6.07, 6.45) is 6.25. The molecule has 1 aliphatic heterocycles. The van der Waals surface area contributed by atoms with Gasteiger partial charge in [-0.1, -0.05) is 12.8 Å². The van der Waals surface area contributed by atoms with Crippen LogP contribution in [0.4, 0.5) is 0 Å². The molecule has 21 heavy (non-hydrogen) atoms. The van der Waals surface area contributed by atoms with E-state index in [1.165, 1.54) is 17.1 Å². The van der Waals surface area contributed by atoms with Crippen LogP contribution in [0.5, 0.6) is 0 Å². The van der Waals surface area contributed by atoms with Gasteiger partial charge in [0.25, 0.3) is 0 Å². The predicted molar refractivity (Wildman–Crippen MR) is 78.4 cm³/mol. The molecule has 1 aromatic rings. The van der Waals surface area contributed by atoms with Crippen molar-refractivity contribution in [3.05, 3.63) is 11.9 Å². The first-order valence-electron chi connectivity index (χ1n) is 7.49. The molecule has 0 aromatic carbocycles. The third-order valence-corrected chi connectivity index (χ3v) is 6.61. The second kappa shape index (κ2) is 5.07. The zero-order chi connectivity index (χ0) is 15.3. The molecular formula is C14H23N3O3S. The monoisotopic (exact) mass is 313 g/mol. The molecule has 6 nitrogen and oxygen atoms in total. The van der Waals surface area contributed by atoms with Gasteiger partial charge in [0.2, 0.25) is 10.0 Å². The lowest BCUT2D eigenvalue weighted by atomic mass is 10.1. The van der Waals surface area contributed by atoms with Crippen molar-refractivity contribution in [2.45, 2.75) is 62.9 Å². The average molecular weight is 313 g/mol. The van der Waals surface area contributed by atoms with E-state index in [1.54, 1.807) is 13.1 Å². The molecular weight excluding hydrogens is 290 g/mol. The summed E-state index contributed by atoms with van der Waals surface area (Å²) < 4.78 is 34.4. The van der Waals surface area contributed by atoms with Gasteiger partial charge in [0.05, 0.1) is 23.9 Å². The van der Waals surface area contributed by atoms with E-state index in [2.05, 4.69) is 5.10 Å². The van der Waals surface area contributed by atoms with Crippen molar-refractivity contribution in [3.63, 3.8) is 0 Å². The standard InChI is InChI=1S/C14H23N3O3S/c1-11-13(8-16(15-11)12-6-4-5-7-12)21(18,19)17-10-20-9-14(17,2)3/h8,12H,4-7,9-10H2,1-3H3. The maximum Gasteiger partial charge on any atom is 0.248 e. The Hall–Kier alpha value is -0.920. The zero-order valence-corrected chi connectivity index (χ0v) is 13.7. The lowest BCUT2D eigenvalue weighted by molar-refractivity contribution is 0.171. The van der Waals surface area contributed by atoms with E-state index in [9.17, 15) is 8.42 Å². The predicted octanol–water partition coefficient (Wildman–Crippen LogP) is 2.06. The van der Waals surface area contributed by atoms with Crippen LogP contribution in [-0.4, -0.2) is 41.4 Å². The van der Waals surface area contributed by atoms with E-state index in [0.717, 1.165) is 12.8 Å². The Balaban J connectivity index is 1.96. The highest BCUT2D eigenvalue weighted by Crippen LogP contribution is 2.33. The Kier molecular flexibility index (Phi) is 3.62. The molecule has 7 heteroatoms. The first kappa shape index (κ1) is 15.0. The van der Waals surface area contributed by atoms with Crippen LogP contribution in [0.1, 0.15) is 51.3 Å². The van der Waals surface area contributed by atoms with Crippen molar-refractivity contribution < 1.29 is 13.2 Å². The molecule has 118 valence electrons. The molecule has 0 bridgehead atoms. The number of aryl methyl sites for hydroxylation is 1. The maximum atomic E-state index is 12.9. The molecule has 1 saturated carbocycles. The van der Waals surface area contributed by atoms with Gasteiger partial charge in [-0.2, -0.15) is 9.40 Å². The SMILES string of the molecule is Cc1nn(C2CCCC2)cc1S(=O)(=O)N1COCC1(C)C. The summed E-state index contributed by atoms with van der Waals surface area (Å²) in [5.74, 6) is 0. The van der Waals surface area contributed by atoms with Gasteiger partial charge in [-0.15, -0.1) is 0 Å². The van der Waals surface area contributed by atoms with E-state index >= 15 is 0 Å². The highest BCUT2D eigenvalue weighted by Gasteiger charge is 2.43. The number of sulfonamides is 1. The van der Waals surface area contributed by atoms with Crippen molar-refractivity contribution in [1.82, 2.24) is 14.1 Å². The normalized spacial score (nSPS) is 24.0. The first-order valence-corrected chi connectivity index (χ1v) is 8.93. The number of aromatic nitrogens is 2. The molecule has 0 radical (unpaired) electrons. The fraction of sp³-hybridized carbons (Fsp3) is 0.786. The number of hydrogen-bond acceptors (Lipinski definition) is 4. The lowest BCUT2D eigenvalue weighted by Gasteiger charge is -2.27. The van der Waals surface area contributed by atoms with Gasteiger partial charge in [0.15, 0.2) is 0 Å². The van der Waals surface area contributed by atoms with Crippen LogP contribution in [0.15, 0.2) is 11.1 Å². The van der Waals surface area contributed by atoms with Crippen LogP contribution in [0.2, 0.25) is 0 Å². The largest absolute Gasteiger partial charge is 0.363 e. The van der Waals surface area contributed by atoms with Gasteiger partial charge in [-0.3, -0.25) is 4.68 Å². The number of rotatable bonds is 3. The van der Waals surface area contributed by atoms with E-state index in [1.807, 2.05) is 18.5 Å². The van der Waals surface area contributed by atoms with Crippen LogP contribution in [0, 0.1) is 6.92 Å². The molecule has 1 aliphatic carbocycles. The summed E-state index contributed by atoms with van der Waals surface area (Å²) >= 11 is 0. The molecule has 0 unspecified atom stereocenters. The Bertz CT molecular complexity index is 630. The van der Waals surface area contributed by atoms with Gasteiger partial charge >= 0.3 is 0 Å².